The molecule has 0 aliphatic carbocycles. The maximum Gasteiger partial charge on any atom is 0.347 e. The van der Waals surface area contributed by atoms with Gasteiger partial charge in [-0.25, -0.2) is 33.6 Å². The van der Waals surface area contributed by atoms with Gasteiger partial charge in [-0.3, -0.25) is 24.0 Å². The van der Waals surface area contributed by atoms with Gasteiger partial charge in [-0.05, 0) is 288 Å². The third-order valence-electron chi connectivity index (χ3n) is 20.1. The molecular formula is C104H134O29. The Hall–Kier alpha value is -12.7. The zero-order chi connectivity index (χ0) is 96.1. The molecule has 0 saturated carbocycles. The van der Waals surface area contributed by atoms with E-state index >= 15 is 0 Å². The van der Waals surface area contributed by atoms with Gasteiger partial charge < -0.3 is 80.9 Å². The lowest BCUT2D eigenvalue weighted by atomic mass is 10.1. The van der Waals surface area contributed by atoms with E-state index < -0.39 is 47.9 Å². The molecule has 0 aliphatic rings. The van der Waals surface area contributed by atoms with Crippen LogP contribution in [0.4, 0.5) is 0 Å². The molecule has 0 saturated heterocycles. The number of benzene rings is 6. The van der Waals surface area contributed by atoms with E-state index in [2.05, 4.69) is 26.7 Å². The quantitative estimate of drug-likeness (QED) is 0.0122. The second kappa shape index (κ2) is 69.3. The van der Waals surface area contributed by atoms with Gasteiger partial charge in [-0.2, -0.15) is 0 Å². The minimum absolute atomic E-state index is 0.144. The van der Waals surface area contributed by atoms with Gasteiger partial charge in [0, 0.05) is 49.8 Å². The lowest BCUT2D eigenvalue weighted by Crippen LogP contribution is -2.22. The van der Waals surface area contributed by atoms with Crippen molar-refractivity contribution in [3.8, 4) is 46.0 Å². The number of rotatable bonds is 70. The van der Waals surface area contributed by atoms with Crippen LogP contribution in [0.25, 0.3) is 0 Å². The number of hydrogen-bond donors (Lipinski definition) is 1. The maximum atomic E-state index is 13.1. The zero-order valence-corrected chi connectivity index (χ0v) is 77.5. The van der Waals surface area contributed by atoms with Crippen molar-refractivity contribution >= 4 is 71.6 Å². The molecule has 0 fully saturated rings. The smallest absolute Gasteiger partial charge is 0.347 e. The van der Waals surface area contributed by atoms with E-state index in [1.54, 1.807) is 128 Å². The first kappa shape index (κ1) is 111. The zero-order valence-electron chi connectivity index (χ0n) is 77.5. The molecule has 29 nitrogen and oxygen atoms in total. The van der Waals surface area contributed by atoms with Gasteiger partial charge in [-0.1, -0.05) is 84.2 Å². The van der Waals surface area contributed by atoms with Crippen molar-refractivity contribution in [2.75, 3.05) is 72.7 Å². The Kier molecular flexibility index (Phi) is 57.7. The highest BCUT2D eigenvalue weighted by Gasteiger charge is 2.21. The molecule has 0 heterocycles. The summed E-state index contributed by atoms with van der Waals surface area (Å²) in [6.07, 6.45) is 25.5. The first-order valence-corrected chi connectivity index (χ1v) is 46.5. The lowest BCUT2D eigenvalue weighted by molar-refractivity contribution is -0.146. The van der Waals surface area contributed by atoms with Crippen molar-refractivity contribution in [3.05, 3.63) is 205 Å². The third kappa shape index (κ3) is 51.7. The second-order valence-electron chi connectivity index (χ2n) is 31.3. The molecule has 724 valence electrons. The Balaban J connectivity index is 0.000000539. The van der Waals surface area contributed by atoms with Gasteiger partial charge >= 0.3 is 71.6 Å². The van der Waals surface area contributed by atoms with Crippen LogP contribution in [0.15, 0.2) is 183 Å². The Morgan fingerprint density at radius 2 is 0.617 bits per heavy atom. The monoisotopic (exact) mass is 1850 g/mol. The number of para-hydroxylation sites is 1. The van der Waals surface area contributed by atoms with Crippen molar-refractivity contribution in [1.82, 2.24) is 0 Å². The molecule has 0 bridgehead atoms. The van der Waals surface area contributed by atoms with E-state index in [0.29, 0.717) is 168 Å². The van der Waals surface area contributed by atoms with Gasteiger partial charge in [0.1, 0.15) is 63.8 Å². The second-order valence-corrected chi connectivity index (χ2v) is 31.3. The van der Waals surface area contributed by atoms with Gasteiger partial charge in [0.05, 0.1) is 89.4 Å². The summed E-state index contributed by atoms with van der Waals surface area (Å²) < 4.78 is 86.8. The number of unbranched alkanes of at least 4 members (excludes halogenated alkanes) is 17. The SMILES string of the molecule is C=CC(=O)OC(CC)CCCOc1ccc(C(=O)Oc2ccc(OC(=O)c3ccccc3OC(CO)CCCCCCCCC)cc2)cc1.C=CC(=O)OCCCCCCOc1ccc(C(=O)Oc2ccc(OC(=O)c3ccc(OCCCCCCOC(=O)CCCCOC(=O)CCCCOC(=O)CCCCOC(=O)CCCCOC(=O)CCCCOC(=O)C(=C)C)cc3)cc2)cc1. The molecule has 0 spiro atoms. The molecule has 2 unspecified atom stereocenters. The third-order valence-corrected chi connectivity index (χ3v) is 20.1. The van der Waals surface area contributed by atoms with Gasteiger partial charge in [0.15, 0.2) is 0 Å². The summed E-state index contributed by atoms with van der Waals surface area (Å²) in [6, 6.07) is 39.0. The van der Waals surface area contributed by atoms with Gasteiger partial charge in [-0.15, -0.1) is 0 Å². The van der Waals surface area contributed by atoms with Crippen LogP contribution in [-0.4, -0.2) is 162 Å². The maximum absolute atomic E-state index is 13.1. The fourth-order valence-corrected chi connectivity index (χ4v) is 12.5. The van der Waals surface area contributed by atoms with Crippen molar-refractivity contribution in [2.45, 2.75) is 251 Å². The number of carbonyl (C=O) groups excluding carboxylic acids is 12. The number of aliphatic hydroxyl groups excluding tert-OH is 1. The first-order valence-electron chi connectivity index (χ1n) is 46.5. The average molecular weight is 1850 g/mol. The lowest BCUT2D eigenvalue weighted by Gasteiger charge is -2.19. The average Bonchev–Trinajstić information content (AvgIpc) is 0.847. The minimum Gasteiger partial charge on any atom is -0.494 e. The largest absolute Gasteiger partial charge is 0.494 e. The predicted molar refractivity (Wildman–Crippen MR) is 497 cm³/mol. The fourth-order valence-electron chi connectivity index (χ4n) is 12.5. The summed E-state index contributed by atoms with van der Waals surface area (Å²) in [6.45, 7) is 19.0. The standard InChI is InChI=1S/C64H84O20.C40H50O9/c1-4-56(65)76-42-16-7-5-14-40-74-52-32-28-50(29-33-52)63(72)83-54-36-38-55(39-37-54)84-64(73)51-30-34-53(35-31-51)75-41-15-6-8-17-43-77-57(66)23-9-18-44-78-58(67)24-10-19-45-79-59(68)25-11-20-46-80-60(69)26-12-21-47-81-61(70)27-13-22-48-82-62(71)49(2)3;1-4-7-8-9-10-11-12-16-35(29-41)46-37-19-14-13-18-36(37)40(44)49-34-26-24-33(25-27-34)48-39(43)30-20-22-32(23-21-30)45-28-15-17-31(5-2)47-38(42)6-3/h4,28-39H,1-2,5-27,40-48H2,3H3;6,13-14,18-27,31,35,41H,3-5,7-12,15-17,28-29H2,1-2H3. The molecule has 0 radical (unpaired) electrons. The van der Waals surface area contributed by atoms with Crippen molar-refractivity contribution < 1.29 is 138 Å². The summed E-state index contributed by atoms with van der Waals surface area (Å²) in [4.78, 5) is 145. The number of ether oxygens (including phenoxy) is 16. The number of aliphatic hydroxyl groups is 1. The van der Waals surface area contributed by atoms with Crippen LogP contribution >= 0.6 is 0 Å². The summed E-state index contributed by atoms with van der Waals surface area (Å²) in [7, 11) is 0. The Labute approximate surface area is 781 Å². The molecule has 2 atom stereocenters. The van der Waals surface area contributed by atoms with Crippen LogP contribution in [0.5, 0.6) is 46.0 Å². The highest BCUT2D eigenvalue weighted by atomic mass is 16.6. The van der Waals surface area contributed by atoms with E-state index in [-0.39, 0.29) is 136 Å². The van der Waals surface area contributed by atoms with Crippen LogP contribution in [0, 0.1) is 0 Å². The van der Waals surface area contributed by atoms with Crippen LogP contribution in [0.1, 0.15) is 281 Å². The van der Waals surface area contributed by atoms with E-state index in [4.69, 9.17) is 75.8 Å². The molecule has 6 aromatic carbocycles. The number of esters is 12. The van der Waals surface area contributed by atoms with Crippen LogP contribution in [0.2, 0.25) is 0 Å². The van der Waals surface area contributed by atoms with E-state index in [1.165, 1.54) is 56.4 Å². The fraction of sp³-hybridized carbons (Fsp3) is 0.481. The molecule has 6 rings (SSSR count). The Morgan fingerprint density at radius 3 is 0.970 bits per heavy atom. The first-order chi connectivity index (χ1) is 64.6. The highest BCUT2D eigenvalue weighted by molar-refractivity contribution is 5.95. The van der Waals surface area contributed by atoms with E-state index in [9.17, 15) is 62.6 Å². The molecule has 0 aromatic heterocycles. The summed E-state index contributed by atoms with van der Waals surface area (Å²) in [5, 5.41) is 9.89. The molecule has 6 aromatic rings. The van der Waals surface area contributed by atoms with E-state index in [0.717, 1.165) is 76.4 Å². The summed E-state index contributed by atoms with van der Waals surface area (Å²) >= 11 is 0. The summed E-state index contributed by atoms with van der Waals surface area (Å²) in [5.41, 5.74) is 1.59. The molecule has 133 heavy (non-hydrogen) atoms. The Morgan fingerprint density at radius 1 is 0.316 bits per heavy atom. The number of hydrogen-bond acceptors (Lipinski definition) is 29. The number of carbonyl (C=O) groups is 12. The molecule has 1 N–H and O–H groups in total. The predicted octanol–water partition coefficient (Wildman–Crippen LogP) is 20.1. The van der Waals surface area contributed by atoms with Crippen LogP contribution in [0.3, 0.4) is 0 Å². The molecular weight excluding hydrogens is 1710 g/mol. The topological polar surface area (TPSA) is 373 Å². The Bertz CT molecular complexity index is 4440. The van der Waals surface area contributed by atoms with Crippen molar-refractivity contribution in [1.29, 1.82) is 0 Å². The van der Waals surface area contributed by atoms with Crippen molar-refractivity contribution in [2.24, 2.45) is 0 Å². The van der Waals surface area contributed by atoms with Crippen LogP contribution in [-0.2, 0) is 76.3 Å². The normalized spacial score (nSPS) is 11.1. The van der Waals surface area contributed by atoms with Crippen LogP contribution < -0.4 is 37.9 Å². The van der Waals surface area contributed by atoms with Gasteiger partial charge in [0.2, 0.25) is 0 Å². The van der Waals surface area contributed by atoms with E-state index in [1.807, 2.05) is 6.92 Å². The summed E-state index contributed by atoms with van der Waals surface area (Å²) in [5.74, 6) is -1.98. The molecule has 29 heteroatoms. The molecule has 0 amide bonds. The van der Waals surface area contributed by atoms with Gasteiger partial charge in [0.25, 0.3) is 0 Å². The molecule has 0 aliphatic heterocycles. The minimum atomic E-state index is -0.600. The van der Waals surface area contributed by atoms with Crippen molar-refractivity contribution in [3.63, 3.8) is 0 Å². The highest BCUT2D eigenvalue weighted by Crippen LogP contribution is 2.28.